The Balaban J connectivity index is 2.76. The van der Waals surface area contributed by atoms with Gasteiger partial charge in [-0.1, -0.05) is 29.8 Å². The van der Waals surface area contributed by atoms with Crippen LogP contribution in [0, 0.1) is 0 Å². The fourth-order valence-electron chi connectivity index (χ4n) is 1.92. The molecule has 15 heavy (non-hydrogen) atoms. The van der Waals surface area contributed by atoms with Gasteiger partial charge in [-0.3, -0.25) is 0 Å². The molecule has 1 aromatic heterocycles. The highest BCUT2D eigenvalue weighted by Crippen LogP contribution is 2.37. The summed E-state index contributed by atoms with van der Waals surface area (Å²) in [6.07, 6.45) is 0. The second-order valence-corrected chi connectivity index (χ2v) is 5.99. The van der Waals surface area contributed by atoms with Crippen molar-refractivity contribution >= 4 is 37.4 Å². The molecular weight excluding hydrogens is 270 g/mol. The van der Waals surface area contributed by atoms with Crippen LogP contribution in [0.5, 0.6) is 0 Å². The van der Waals surface area contributed by atoms with Crippen molar-refractivity contribution < 1.29 is 0 Å². The largest absolute Gasteiger partial charge is 0.326 e. The quantitative estimate of drug-likeness (QED) is 0.876. The Morgan fingerprint density at radius 2 is 2.13 bits per heavy atom. The van der Waals surface area contributed by atoms with Crippen molar-refractivity contribution in [3.8, 4) is 0 Å². The molecule has 2 aromatic rings. The monoisotopic (exact) mass is 283 g/mol. The maximum Gasteiger partial charge on any atom is 0.0349 e. The van der Waals surface area contributed by atoms with Crippen LogP contribution >= 0.6 is 27.3 Å². The van der Waals surface area contributed by atoms with Gasteiger partial charge in [0, 0.05) is 20.6 Å². The van der Waals surface area contributed by atoms with Crippen LogP contribution < -0.4 is 5.73 Å². The first-order chi connectivity index (χ1) is 7.13. The van der Waals surface area contributed by atoms with E-state index in [0.29, 0.717) is 12.5 Å². The van der Waals surface area contributed by atoms with Gasteiger partial charge in [-0.05, 0) is 35.1 Å². The van der Waals surface area contributed by atoms with E-state index in [1.54, 1.807) is 0 Å². The van der Waals surface area contributed by atoms with Gasteiger partial charge >= 0.3 is 0 Å². The third-order valence-electron chi connectivity index (χ3n) is 2.53. The van der Waals surface area contributed by atoms with E-state index in [2.05, 4.69) is 48.0 Å². The summed E-state index contributed by atoms with van der Waals surface area (Å²) in [6.45, 7) is 5.09. The van der Waals surface area contributed by atoms with Gasteiger partial charge in [-0.2, -0.15) is 0 Å². The number of rotatable bonds is 2. The fraction of sp³-hybridized carbons (Fsp3) is 0.333. The zero-order chi connectivity index (χ0) is 11.0. The predicted molar refractivity (Wildman–Crippen MR) is 71.5 cm³/mol. The molecule has 0 spiro atoms. The van der Waals surface area contributed by atoms with Gasteiger partial charge in [0.1, 0.15) is 0 Å². The van der Waals surface area contributed by atoms with Crippen molar-refractivity contribution in [2.75, 3.05) is 0 Å². The summed E-state index contributed by atoms with van der Waals surface area (Å²) in [5, 5.41) is 1.35. The molecule has 2 rings (SSSR count). The number of hydrogen-bond acceptors (Lipinski definition) is 2. The lowest BCUT2D eigenvalue weighted by atomic mass is 9.99. The molecule has 0 bridgehead atoms. The van der Waals surface area contributed by atoms with Crippen LogP contribution in [0.3, 0.4) is 0 Å². The summed E-state index contributed by atoms with van der Waals surface area (Å²) in [5.74, 6) is 0.534. The first kappa shape index (κ1) is 11.1. The average Bonchev–Trinajstić information content (AvgIpc) is 2.55. The van der Waals surface area contributed by atoms with Gasteiger partial charge in [0.2, 0.25) is 0 Å². The number of thiophene rings is 1. The normalized spacial score (nSPS) is 11.5. The Labute approximate surface area is 102 Å². The lowest BCUT2D eigenvalue weighted by molar-refractivity contribution is 0.860. The molecule has 3 heteroatoms. The van der Waals surface area contributed by atoms with E-state index >= 15 is 0 Å². The van der Waals surface area contributed by atoms with E-state index < -0.39 is 0 Å². The number of hydrogen-bond donors (Lipinski definition) is 1. The second kappa shape index (κ2) is 4.24. The van der Waals surface area contributed by atoms with Crippen LogP contribution in [-0.2, 0) is 6.54 Å². The maximum absolute atomic E-state index is 5.79. The topological polar surface area (TPSA) is 26.0 Å². The number of benzene rings is 1. The summed E-state index contributed by atoms with van der Waals surface area (Å²) in [6, 6.07) is 6.44. The Bertz CT molecular complexity index is 488. The summed E-state index contributed by atoms with van der Waals surface area (Å²) >= 11 is 5.34. The highest BCUT2D eigenvalue weighted by atomic mass is 79.9. The van der Waals surface area contributed by atoms with Crippen molar-refractivity contribution in [1.82, 2.24) is 0 Å². The molecule has 0 aliphatic carbocycles. The Kier molecular flexibility index (Phi) is 3.14. The lowest BCUT2D eigenvalue weighted by Gasteiger charge is -2.06. The van der Waals surface area contributed by atoms with Crippen LogP contribution in [0.1, 0.15) is 30.2 Å². The van der Waals surface area contributed by atoms with E-state index in [9.17, 15) is 0 Å². The van der Waals surface area contributed by atoms with Crippen LogP contribution in [0.15, 0.2) is 22.7 Å². The highest BCUT2D eigenvalue weighted by Gasteiger charge is 2.13. The molecule has 0 radical (unpaired) electrons. The lowest BCUT2D eigenvalue weighted by Crippen LogP contribution is -1.98. The highest BCUT2D eigenvalue weighted by molar-refractivity contribution is 9.10. The second-order valence-electron chi connectivity index (χ2n) is 3.94. The van der Waals surface area contributed by atoms with E-state index in [-0.39, 0.29) is 0 Å². The third kappa shape index (κ3) is 1.96. The van der Waals surface area contributed by atoms with Crippen molar-refractivity contribution in [3.63, 3.8) is 0 Å². The fourth-order valence-corrected chi connectivity index (χ4v) is 3.50. The molecule has 80 valence electrons. The third-order valence-corrected chi connectivity index (χ3v) is 4.23. The molecule has 1 nitrogen and oxygen atoms in total. The minimum atomic E-state index is 0.534. The minimum absolute atomic E-state index is 0.534. The molecule has 0 aliphatic heterocycles. The molecule has 1 heterocycles. The molecular formula is C12H14BrNS. The molecule has 0 amide bonds. The van der Waals surface area contributed by atoms with Gasteiger partial charge in [0.15, 0.2) is 0 Å². The molecule has 0 atom stereocenters. The Hall–Kier alpha value is -0.380. The molecule has 0 fully saturated rings. The van der Waals surface area contributed by atoms with Crippen LogP contribution in [0.4, 0.5) is 0 Å². The Morgan fingerprint density at radius 3 is 2.73 bits per heavy atom. The maximum atomic E-state index is 5.79. The zero-order valence-electron chi connectivity index (χ0n) is 8.88. The molecule has 0 saturated carbocycles. The summed E-state index contributed by atoms with van der Waals surface area (Å²) in [4.78, 5) is 1.32. The van der Waals surface area contributed by atoms with Crippen LogP contribution in [-0.4, -0.2) is 0 Å². The van der Waals surface area contributed by atoms with Crippen molar-refractivity contribution in [2.45, 2.75) is 26.3 Å². The van der Waals surface area contributed by atoms with Gasteiger partial charge in [-0.15, -0.1) is 11.3 Å². The standard InChI is InChI=1S/C12H14BrNS/c1-7(2)12-9-5-8(13)3-4-10(9)15-11(12)6-14/h3-5,7H,6,14H2,1-2H3. The van der Waals surface area contributed by atoms with Crippen molar-refractivity contribution in [2.24, 2.45) is 5.73 Å². The smallest absolute Gasteiger partial charge is 0.0349 e. The summed E-state index contributed by atoms with van der Waals surface area (Å²) < 4.78 is 2.47. The van der Waals surface area contributed by atoms with Crippen molar-refractivity contribution in [1.29, 1.82) is 0 Å². The van der Waals surface area contributed by atoms with Gasteiger partial charge < -0.3 is 5.73 Å². The SMILES string of the molecule is CC(C)c1c(CN)sc2ccc(Br)cc12. The molecule has 2 N–H and O–H groups in total. The first-order valence-corrected chi connectivity index (χ1v) is 6.65. The van der Waals surface area contributed by atoms with E-state index in [0.717, 1.165) is 4.47 Å². The molecule has 0 aliphatic rings. The average molecular weight is 284 g/mol. The summed E-state index contributed by atoms with van der Waals surface area (Å²) in [7, 11) is 0. The van der Waals surface area contributed by atoms with Gasteiger partial charge in [0.05, 0.1) is 0 Å². The molecule has 0 unspecified atom stereocenters. The van der Waals surface area contributed by atoms with Crippen molar-refractivity contribution in [3.05, 3.63) is 33.1 Å². The number of fused-ring (bicyclic) bond motifs is 1. The number of nitrogens with two attached hydrogens (primary N) is 1. The zero-order valence-corrected chi connectivity index (χ0v) is 11.3. The van der Waals surface area contributed by atoms with Crippen LogP contribution in [0.2, 0.25) is 0 Å². The van der Waals surface area contributed by atoms with Crippen LogP contribution in [0.25, 0.3) is 10.1 Å². The minimum Gasteiger partial charge on any atom is -0.326 e. The number of halogens is 1. The predicted octanol–water partition coefficient (Wildman–Crippen LogP) is 4.25. The molecule has 1 aromatic carbocycles. The molecule has 0 saturated heterocycles. The Morgan fingerprint density at radius 1 is 1.40 bits per heavy atom. The van der Waals surface area contributed by atoms with Gasteiger partial charge in [-0.25, -0.2) is 0 Å². The summed E-state index contributed by atoms with van der Waals surface area (Å²) in [5.41, 5.74) is 7.20. The van der Waals surface area contributed by atoms with E-state index in [1.807, 2.05) is 11.3 Å². The van der Waals surface area contributed by atoms with Gasteiger partial charge in [0.25, 0.3) is 0 Å². The van der Waals surface area contributed by atoms with E-state index in [4.69, 9.17) is 5.73 Å². The van der Waals surface area contributed by atoms with E-state index in [1.165, 1.54) is 20.5 Å². The first-order valence-electron chi connectivity index (χ1n) is 5.04.